The van der Waals surface area contributed by atoms with E-state index in [1.165, 1.54) is 12.5 Å². The van der Waals surface area contributed by atoms with Gasteiger partial charge in [0.15, 0.2) is 0 Å². The summed E-state index contributed by atoms with van der Waals surface area (Å²) in [5.41, 5.74) is 5.64. The molecule has 6 heteroatoms. The summed E-state index contributed by atoms with van der Waals surface area (Å²) >= 11 is 2.98. The molecule has 1 aliphatic carbocycles. The van der Waals surface area contributed by atoms with E-state index in [0.717, 1.165) is 31.7 Å². The molecule has 1 aromatic carbocycles. The molecule has 2 rings (SSSR count). The molecule has 21 heavy (non-hydrogen) atoms. The van der Waals surface area contributed by atoms with E-state index in [1.807, 2.05) is 0 Å². The lowest BCUT2D eigenvalue weighted by molar-refractivity contribution is -0.118. The highest BCUT2D eigenvalue weighted by Crippen LogP contribution is 2.38. The molecule has 0 bridgehead atoms. The van der Waals surface area contributed by atoms with Crippen LogP contribution in [0.15, 0.2) is 16.6 Å². The third-order valence-electron chi connectivity index (χ3n) is 4.17. The minimum Gasteiger partial charge on any atom is -0.330 e. The minimum absolute atomic E-state index is 0.0174. The highest BCUT2D eigenvalue weighted by molar-refractivity contribution is 9.10. The van der Waals surface area contributed by atoms with E-state index in [4.69, 9.17) is 5.73 Å². The number of nitrogens with one attached hydrogen (secondary N) is 1. The van der Waals surface area contributed by atoms with E-state index in [2.05, 4.69) is 21.2 Å². The first-order valence-corrected chi connectivity index (χ1v) is 7.89. The number of halogens is 3. The lowest BCUT2D eigenvalue weighted by Crippen LogP contribution is -2.36. The molecule has 1 amide bonds. The molecule has 1 saturated carbocycles. The van der Waals surface area contributed by atoms with E-state index < -0.39 is 11.6 Å². The molecule has 0 heterocycles. The zero-order valence-corrected chi connectivity index (χ0v) is 13.3. The summed E-state index contributed by atoms with van der Waals surface area (Å²) in [6.45, 7) is 0.454. The van der Waals surface area contributed by atoms with Crippen molar-refractivity contribution in [1.82, 2.24) is 0 Å². The van der Waals surface area contributed by atoms with E-state index in [-0.39, 0.29) is 27.9 Å². The van der Waals surface area contributed by atoms with Crippen molar-refractivity contribution in [3.05, 3.63) is 28.2 Å². The van der Waals surface area contributed by atoms with E-state index in [1.54, 1.807) is 0 Å². The summed E-state index contributed by atoms with van der Waals surface area (Å²) in [5.74, 6) is -1.76. The van der Waals surface area contributed by atoms with Crippen LogP contribution < -0.4 is 11.1 Å². The summed E-state index contributed by atoms with van der Waals surface area (Å²) in [6, 6.07) is 1.98. The Hall–Kier alpha value is -1.01. The number of hydrogen-bond donors (Lipinski definition) is 2. The predicted octanol–water partition coefficient (Wildman–Crippen LogP) is 3.97. The Morgan fingerprint density at radius 3 is 2.52 bits per heavy atom. The van der Waals surface area contributed by atoms with E-state index in [9.17, 15) is 13.6 Å². The van der Waals surface area contributed by atoms with Crippen molar-refractivity contribution in [2.24, 2.45) is 11.1 Å². The lowest BCUT2D eigenvalue weighted by Gasteiger charge is -2.35. The third kappa shape index (κ3) is 4.01. The van der Waals surface area contributed by atoms with E-state index >= 15 is 0 Å². The van der Waals surface area contributed by atoms with Crippen LogP contribution in [0.1, 0.15) is 38.5 Å². The maximum atomic E-state index is 13.6. The molecule has 3 N–H and O–H groups in total. The van der Waals surface area contributed by atoms with Gasteiger partial charge in [0.05, 0.1) is 10.2 Å². The maximum absolute atomic E-state index is 13.6. The van der Waals surface area contributed by atoms with Gasteiger partial charge in [-0.1, -0.05) is 19.3 Å². The highest BCUT2D eigenvalue weighted by atomic mass is 79.9. The standard InChI is InChI=1S/C15H19BrF2N2O/c16-10-6-13(12(18)7-11(10)17)20-14(21)8-15(9-19)4-2-1-3-5-15/h6-7H,1-5,8-9,19H2,(H,20,21). The Morgan fingerprint density at radius 1 is 1.24 bits per heavy atom. The van der Waals surface area contributed by atoms with Crippen LogP contribution in [-0.4, -0.2) is 12.5 Å². The molecule has 3 nitrogen and oxygen atoms in total. The fourth-order valence-electron chi connectivity index (χ4n) is 2.91. The Bertz CT molecular complexity index is 531. The van der Waals surface area contributed by atoms with E-state index in [0.29, 0.717) is 6.54 Å². The molecule has 0 radical (unpaired) electrons. The molecule has 0 atom stereocenters. The summed E-state index contributed by atoms with van der Waals surface area (Å²) in [6.07, 6.45) is 5.43. The van der Waals surface area contributed by atoms with Crippen LogP contribution >= 0.6 is 15.9 Å². The van der Waals surface area contributed by atoms with Crippen molar-refractivity contribution in [2.45, 2.75) is 38.5 Å². The Labute approximate surface area is 131 Å². The third-order valence-corrected chi connectivity index (χ3v) is 4.77. The second-order valence-corrected chi connectivity index (χ2v) is 6.59. The number of benzene rings is 1. The first-order valence-electron chi connectivity index (χ1n) is 7.10. The van der Waals surface area contributed by atoms with Gasteiger partial charge in [0.2, 0.25) is 5.91 Å². The minimum atomic E-state index is -0.783. The van der Waals surface area contributed by atoms with Crippen molar-refractivity contribution in [1.29, 1.82) is 0 Å². The van der Waals surface area contributed by atoms with Crippen LogP contribution in [0.5, 0.6) is 0 Å². The molecule has 0 saturated heterocycles. The van der Waals surface area contributed by atoms with Crippen LogP contribution in [0.3, 0.4) is 0 Å². The Kier molecular flexibility index (Phi) is 5.32. The second-order valence-electron chi connectivity index (χ2n) is 5.74. The van der Waals surface area contributed by atoms with Gasteiger partial charge < -0.3 is 11.1 Å². The number of anilines is 1. The highest BCUT2D eigenvalue weighted by Gasteiger charge is 2.33. The smallest absolute Gasteiger partial charge is 0.225 e. The van der Waals surface area contributed by atoms with Crippen LogP contribution in [0, 0.1) is 17.0 Å². The van der Waals surface area contributed by atoms with Gasteiger partial charge in [-0.3, -0.25) is 4.79 Å². The number of carbonyl (C=O) groups is 1. The quantitative estimate of drug-likeness (QED) is 0.798. The van der Waals surface area contributed by atoms with Crippen LogP contribution in [-0.2, 0) is 4.79 Å². The monoisotopic (exact) mass is 360 g/mol. The first-order chi connectivity index (χ1) is 9.96. The lowest BCUT2D eigenvalue weighted by atomic mass is 9.71. The number of carbonyl (C=O) groups excluding carboxylic acids is 1. The molecular formula is C15H19BrF2N2O. The predicted molar refractivity (Wildman–Crippen MR) is 81.9 cm³/mol. The zero-order chi connectivity index (χ0) is 15.5. The SMILES string of the molecule is NCC1(CC(=O)Nc2cc(Br)c(F)cc2F)CCCCC1. The molecule has 116 valence electrons. The van der Waals surface area contributed by atoms with Gasteiger partial charge in [-0.2, -0.15) is 0 Å². The molecule has 0 spiro atoms. The summed E-state index contributed by atoms with van der Waals surface area (Å²) in [4.78, 5) is 12.2. The molecule has 1 fully saturated rings. The molecule has 1 aromatic rings. The van der Waals surface area contributed by atoms with Gasteiger partial charge in [-0.15, -0.1) is 0 Å². The molecule has 1 aliphatic rings. The number of hydrogen-bond acceptors (Lipinski definition) is 2. The van der Waals surface area contributed by atoms with Crippen molar-refractivity contribution < 1.29 is 13.6 Å². The first kappa shape index (κ1) is 16.4. The van der Waals surface area contributed by atoms with Gasteiger partial charge in [0.25, 0.3) is 0 Å². The Balaban J connectivity index is 2.06. The molecular weight excluding hydrogens is 342 g/mol. The van der Waals surface area contributed by atoms with Gasteiger partial charge in [0, 0.05) is 12.5 Å². The number of nitrogens with two attached hydrogens (primary N) is 1. The summed E-state index contributed by atoms with van der Waals surface area (Å²) in [5, 5.41) is 2.52. The fourth-order valence-corrected chi connectivity index (χ4v) is 3.25. The molecule has 0 aliphatic heterocycles. The van der Waals surface area contributed by atoms with Crippen molar-refractivity contribution in [3.8, 4) is 0 Å². The topological polar surface area (TPSA) is 55.1 Å². The average Bonchev–Trinajstić information content (AvgIpc) is 2.45. The fraction of sp³-hybridized carbons (Fsp3) is 0.533. The van der Waals surface area contributed by atoms with Crippen LogP contribution in [0.4, 0.5) is 14.5 Å². The van der Waals surface area contributed by atoms with Crippen molar-refractivity contribution >= 4 is 27.5 Å². The normalized spacial score (nSPS) is 17.5. The summed E-state index contributed by atoms with van der Waals surface area (Å²) < 4.78 is 26.9. The maximum Gasteiger partial charge on any atom is 0.225 e. The summed E-state index contributed by atoms with van der Waals surface area (Å²) in [7, 11) is 0. The molecule has 0 aromatic heterocycles. The van der Waals surface area contributed by atoms with Gasteiger partial charge >= 0.3 is 0 Å². The van der Waals surface area contributed by atoms with Crippen LogP contribution in [0.2, 0.25) is 0 Å². The second kappa shape index (κ2) is 6.83. The van der Waals surface area contributed by atoms with Gasteiger partial charge in [-0.05, 0) is 46.8 Å². The number of amides is 1. The average molecular weight is 361 g/mol. The van der Waals surface area contributed by atoms with Gasteiger partial charge in [0.1, 0.15) is 11.6 Å². The van der Waals surface area contributed by atoms with Gasteiger partial charge in [-0.25, -0.2) is 8.78 Å². The largest absolute Gasteiger partial charge is 0.330 e. The Morgan fingerprint density at radius 2 is 1.90 bits per heavy atom. The molecule has 0 unspecified atom stereocenters. The van der Waals surface area contributed by atoms with Crippen molar-refractivity contribution in [3.63, 3.8) is 0 Å². The van der Waals surface area contributed by atoms with Crippen LogP contribution in [0.25, 0.3) is 0 Å². The number of rotatable bonds is 4. The zero-order valence-electron chi connectivity index (χ0n) is 11.7. The van der Waals surface area contributed by atoms with Crippen molar-refractivity contribution in [2.75, 3.05) is 11.9 Å².